The molecular formula is C15H12Cl2LiO6P. The molecule has 0 aliphatic carbocycles. The molecule has 0 aliphatic rings. The fraction of sp³-hybridized carbons (Fsp3) is 0.133. The summed E-state index contributed by atoms with van der Waals surface area (Å²) >= 11 is 11.6. The number of esters is 1. The second-order valence-electron chi connectivity index (χ2n) is 4.68. The van der Waals surface area contributed by atoms with Crippen molar-refractivity contribution in [3.05, 3.63) is 64.1 Å². The van der Waals surface area contributed by atoms with Gasteiger partial charge in [-0.25, -0.2) is 4.79 Å². The third-order valence-corrected chi connectivity index (χ3v) is 4.39. The predicted molar refractivity (Wildman–Crippen MR) is 87.1 cm³/mol. The van der Waals surface area contributed by atoms with Crippen molar-refractivity contribution in [2.24, 2.45) is 0 Å². The van der Waals surface area contributed by atoms with Gasteiger partial charge in [0.05, 0.1) is 5.02 Å². The Kier molecular flexibility index (Phi) is 8.53. The van der Waals surface area contributed by atoms with Gasteiger partial charge in [-0.05, 0) is 18.2 Å². The minimum atomic E-state index is -4.96. The minimum Gasteiger partial charge on any atom is -0.776 e. The van der Waals surface area contributed by atoms with Gasteiger partial charge >= 0.3 is 24.8 Å². The third kappa shape index (κ3) is 6.69. The van der Waals surface area contributed by atoms with Crippen molar-refractivity contribution in [1.29, 1.82) is 0 Å². The summed E-state index contributed by atoms with van der Waals surface area (Å²) in [6, 6.07) is 12.0. The van der Waals surface area contributed by atoms with Crippen LogP contribution < -0.4 is 28.5 Å². The van der Waals surface area contributed by atoms with Crippen molar-refractivity contribution in [2.45, 2.75) is 5.85 Å². The largest absolute Gasteiger partial charge is 1.00 e. The van der Waals surface area contributed by atoms with Gasteiger partial charge in [0.1, 0.15) is 5.75 Å². The quantitative estimate of drug-likeness (QED) is 0.424. The maximum absolute atomic E-state index is 11.8. The van der Waals surface area contributed by atoms with E-state index in [1.807, 2.05) is 0 Å². The fourth-order valence-electron chi connectivity index (χ4n) is 1.83. The molecule has 0 saturated heterocycles. The van der Waals surface area contributed by atoms with Gasteiger partial charge in [-0.1, -0.05) is 53.5 Å². The molecule has 2 atom stereocenters. The molecule has 0 fully saturated rings. The number of hydrogen-bond donors (Lipinski definition) is 1. The second-order valence-corrected chi connectivity index (χ2v) is 7.12. The Morgan fingerprint density at radius 2 is 1.84 bits per heavy atom. The predicted octanol–water partition coefficient (Wildman–Crippen LogP) is 0.164. The van der Waals surface area contributed by atoms with Crippen molar-refractivity contribution in [3.8, 4) is 5.75 Å². The first-order chi connectivity index (χ1) is 11.3. The molecule has 0 spiro atoms. The first-order valence-electron chi connectivity index (χ1n) is 6.63. The zero-order valence-corrected chi connectivity index (χ0v) is 15.5. The maximum atomic E-state index is 11.8. The molecule has 2 aromatic rings. The van der Waals surface area contributed by atoms with E-state index in [9.17, 15) is 19.1 Å². The Balaban J connectivity index is 0.00000312. The average Bonchev–Trinajstić information content (AvgIpc) is 2.51. The van der Waals surface area contributed by atoms with E-state index >= 15 is 0 Å². The van der Waals surface area contributed by atoms with E-state index in [0.717, 1.165) is 0 Å². The number of ether oxygens (including phenoxy) is 2. The summed E-state index contributed by atoms with van der Waals surface area (Å²) in [4.78, 5) is 32.6. The Hall–Kier alpha value is -0.963. The van der Waals surface area contributed by atoms with E-state index in [2.05, 4.69) is 0 Å². The summed E-state index contributed by atoms with van der Waals surface area (Å²) in [5.74, 6) is -2.61. The maximum Gasteiger partial charge on any atom is 1.00 e. The van der Waals surface area contributed by atoms with Crippen LogP contribution in [0.25, 0.3) is 0 Å². The number of benzene rings is 2. The zero-order chi connectivity index (χ0) is 17.7. The van der Waals surface area contributed by atoms with Crippen LogP contribution >= 0.6 is 30.8 Å². The van der Waals surface area contributed by atoms with Crippen LogP contribution in [0.3, 0.4) is 0 Å². The number of rotatable bonds is 6. The van der Waals surface area contributed by atoms with Gasteiger partial charge < -0.3 is 23.8 Å². The van der Waals surface area contributed by atoms with E-state index in [-0.39, 0.29) is 35.2 Å². The Labute approximate surface area is 166 Å². The van der Waals surface area contributed by atoms with Crippen LogP contribution in [0.5, 0.6) is 5.75 Å². The summed E-state index contributed by atoms with van der Waals surface area (Å²) in [6.07, 6.45) is 0. The molecule has 0 aliphatic heterocycles. The van der Waals surface area contributed by atoms with Crippen molar-refractivity contribution < 1.29 is 47.5 Å². The van der Waals surface area contributed by atoms with E-state index in [1.165, 1.54) is 30.3 Å². The molecule has 128 valence electrons. The average molecular weight is 397 g/mol. The topological polar surface area (TPSA) is 95.9 Å². The van der Waals surface area contributed by atoms with E-state index in [0.29, 0.717) is 5.02 Å². The SMILES string of the molecule is O=C(COc1ccc(Cl)cc1Cl)OC(c1ccccc1)P(=O)([O-])O.[Li+]. The summed E-state index contributed by atoms with van der Waals surface area (Å²) in [5, 5.41) is 0.582. The molecule has 0 bridgehead atoms. The van der Waals surface area contributed by atoms with Crippen LogP contribution in [0.15, 0.2) is 48.5 Å². The molecule has 6 nitrogen and oxygen atoms in total. The van der Waals surface area contributed by atoms with Gasteiger partial charge in [-0.15, -0.1) is 0 Å². The van der Waals surface area contributed by atoms with Crippen LogP contribution in [0.2, 0.25) is 10.0 Å². The molecule has 2 aromatic carbocycles. The van der Waals surface area contributed by atoms with Crippen molar-refractivity contribution in [3.63, 3.8) is 0 Å². The normalized spacial score (nSPS) is 13.9. The minimum absolute atomic E-state index is 0. The first kappa shape index (κ1) is 22.1. The smallest absolute Gasteiger partial charge is 0.776 e. The second kappa shape index (κ2) is 9.66. The summed E-state index contributed by atoms with van der Waals surface area (Å²) < 4.78 is 21.5. The molecule has 0 saturated carbocycles. The number of halogens is 2. The monoisotopic (exact) mass is 396 g/mol. The van der Waals surface area contributed by atoms with Crippen molar-refractivity contribution >= 4 is 36.8 Å². The molecule has 2 unspecified atom stereocenters. The molecule has 0 radical (unpaired) electrons. The molecule has 10 heteroatoms. The van der Waals surface area contributed by atoms with Gasteiger partial charge in [0, 0.05) is 10.6 Å². The van der Waals surface area contributed by atoms with Crippen LogP contribution in [0, 0.1) is 0 Å². The van der Waals surface area contributed by atoms with Gasteiger partial charge in [0.15, 0.2) is 20.0 Å². The number of carbonyl (C=O) groups excluding carboxylic acids is 1. The van der Waals surface area contributed by atoms with Crippen molar-refractivity contribution in [1.82, 2.24) is 0 Å². The van der Waals surface area contributed by atoms with Crippen LogP contribution in [0.1, 0.15) is 11.4 Å². The zero-order valence-electron chi connectivity index (χ0n) is 13.1. The summed E-state index contributed by atoms with van der Waals surface area (Å²) in [5.41, 5.74) is 0.121. The van der Waals surface area contributed by atoms with Gasteiger partial charge in [-0.2, -0.15) is 0 Å². The van der Waals surface area contributed by atoms with E-state index < -0.39 is 26.0 Å². The van der Waals surface area contributed by atoms with E-state index in [1.54, 1.807) is 18.2 Å². The van der Waals surface area contributed by atoms with Gasteiger partial charge in [0.2, 0.25) is 0 Å². The molecule has 0 amide bonds. The Morgan fingerprint density at radius 3 is 2.40 bits per heavy atom. The Morgan fingerprint density at radius 1 is 1.20 bits per heavy atom. The number of carbonyl (C=O) groups is 1. The molecule has 2 rings (SSSR count). The van der Waals surface area contributed by atoms with Crippen molar-refractivity contribution in [2.75, 3.05) is 6.61 Å². The van der Waals surface area contributed by atoms with Gasteiger partial charge in [-0.3, -0.25) is 0 Å². The molecule has 25 heavy (non-hydrogen) atoms. The third-order valence-electron chi connectivity index (χ3n) is 2.86. The summed E-state index contributed by atoms with van der Waals surface area (Å²) in [6.45, 7) is -0.593. The first-order valence-corrected chi connectivity index (χ1v) is 9.03. The fourth-order valence-corrected chi connectivity index (χ4v) is 3.09. The standard InChI is InChI=1S/C15H13Cl2O6P.Li/c16-11-6-7-13(12(17)8-11)22-9-14(18)23-15(24(19,20)21)10-4-2-1-3-5-10;/h1-8,15H,9H2,(H2,19,20,21);/q;+1/p-1. The Bertz CT molecular complexity index is 768. The van der Waals surface area contributed by atoms with Gasteiger partial charge in [0.25, 0.3) is 0 Å². The van der Waals surface area contributed by atoms with E-state index in [4.69, 9.17) is 32.7 Å². The summed E-state index contributed by atoms with van der Waals surface area (Å²) in [7, 11) is -4.96. The molecule has 1 N–H and O–H groups in total. The van der Waals surface area contributed by atoms with Crippen LogP contribution in [-0.4, -0.2) is 17.5 Å². The van der Waals surface area contributed by atoms with Crippen LogP contribution in [0.4, 0.5) is 0 Å². The molecular weight excluding hydrogens is 385 g/mol. The number of hydrogen-bond acceptors (Lipinski definition) is 5. The van der Waals surface area contributed by atoms with Crippen LogP contribution in [-0.2, 0) is 14.1 Å². The molecule has 0 heterocycles. The molecule has 0 aromatic heterocycles.